The average molecular weight is 302 g/mol. The van der Waals surface area contributed by atoms with E-state index in [1.54, 1.807) is 4.90 Å². The summed E-state index contributed by atoms with van der Waals surface area (Å²) in [5.74, 6) is 0.476. The minimum Gasteiger partial charge on any atom is -0.334 e. The lowest BCUT2D eigenvalue weighted by Gasteiger charge is -2.14. The van der Waals surface area contributed by atoms with Gasteiger partial charge in [0.05, 0.1) is 6.54 Å². The predicted molar refractivity (Wildman–Crippen MR) is 76.2 cm³/mol. The molecule has 2 aromatic rings. The van der Waals surface area contributed by atoms with Crippen LogP contribution in [0.15, 0.2) is 30.3 Å². The maximum absolute atomic E-state index is 12.1. The van der Waals surface area contributed by atoms with Crippen LogP contribution in [0.4, 0.5) is 5.95 Å². The Bertz CT molecular complexity index is 686. The minimum absolute atomic E-state index is 0.0300. The summed E-state index contributed by atoms with van der Waals surface area (Å²) in [6, 6.07) is 9.86. The van der Waals surface area contributed by atoms with Crippen molar-refractivity contribution in [3.8, 4) is 0 Å². The second-order valence-electron chi connectivity index (χ2n) is 5.06. The molecule has 114 valence electrons. The molecule has 0 saturated carbocycles. The van der Waals surface area contributed by atoms with Gasteiger partial charge in [-0.25, -0.2) is 15.2 Å². The van der Waals surface area contributed by atoms with Crippen LogP contribution in [-0.2, 0) is 11.3 Å². The van der Waals surface area contributed by atoms with Crippen LogP contribution >= 0.6 is 0 Å². The molecule has 3 rings (SSSR count). The van der Waals surface area contributed by atoms with Gasteiger partial charge in [0, 0.05) is 18.9 Å². The molecule has 0 aliphatic carbocycles. The van der Waals surface area contributed by atoms with Crippen molar-refractivity contribution in [2.45, 2.75) is 18.9 Å². The molecule has 22 heavy (non-hydrogen) atoms. The van der Waals surface area contributed by atoms with E-state index in [1.165, 1.54) is 0 Å². The number of likely N-dealkylation sites (tertiary alicyclic amines) is 1. The molecule has 2 N–H and O–H groups in total. The highest BCUT2D eigenvalue weighted by Crippen LogP contribution is 2.28. The number of anilines is 1. The molecule has 9 nitrogen and oxygen atoms in total. The van der Waals surface area contributed by atoms with Crippen LogP contribution in [0.25, 0.3) is 0 Å². The Labute approximate surface area is 125 Å². The Hall–Kier alpha value is -2.97. The highest BCUT2D eigenvalue weighted by molar-refractivity contribution is 5.79. The van der Waals surface area contributed by atoms with E-state index in [4.69, 9.17) is 0 Å². The molecule has 1 fully saturated rings. The van der Waals surface area contributed by atoms with E-state index in [0.29, 0.717) is 18.8 Å². The van der Waals surface area contributed by atoms with Gasteiger partial charge in [0.15, 0.2) is 10.9 Å². The fourth-order valence-corrected chi connectivity index (χ4v) is 2.55. The van der Waals surface area contributed by atoms with Crippen molar-refractivity contribution in [1.82, 2.24) is 20.1 Å². The number of nitrogens with zero attached hydrogens (tertiary/aromatic N) is 4. The number of carbonyl (C=O) groups excluding carboxylic acids is 1. The summed E-state index contributed by atoms with van der Waals surface area (Å²) in [5, 5.41) is 15.9. The molecule has 2 heterocycles. The lowest BCUT2D eigenvalue weighted by molar-refractivity contribution is -0.446. The van der Waals surface area contributed by atoms with E-state index in [2.05, 4.69) is 15.2 Å². The molecule has 1 aliphatic rings. The van der Waals surface area contributed by atoms with Crippen molar-refractivity contribution in [2.24, 2.45) is 0 Å². The largest absolute Gasteiger partial charge is 0.334 e. The smallest absolute Gasteiger partial charge is 0.281 e. The van der Waals surface area contributed by atoms with Gasteiger partial charge in [0.1, 0.15) is 0 Å². The van der Waals surface area contributed by atoms with Crippen LogP contribution in [0, 0.1) is 10.1 Å². The molecular weight excluding hydrogens is 288 g/mol. The van der Waals surface area contributed by atoms with Gasteiger partial charge in [-0.05, 0) is 5.56 Å². The van der Waals surface area contributed by atoms with Gasteiger partial charge in [0.25, 0.3) is 5.95 Å². The van der Waals surface area contributed by atoms with Crippen molar-refractivity contribution in [1.29, 1.82) is 0 Å². The van der Waals surface area contributed by atoms with Gasteiger partial charge in [-0.3, -0.25) is 4.79 Å². The minimum atomic E-state index is -0.725. The number of hydrogen-bond acceptors (Lipinski definition) is 5. The van der Waals surface area contributed by atoms with E-state index in [9.17, 15) is 14.9 Å². The maximum atomic E-state index is 12.1. The van der Waals surface area contributed by atoms with Gasteiger partial charge in [-0.1, -0.05) is 35.8 Å². The maximum Gasteiger partial charge on any atom is 0.281 e. The highest BCUT2D eigenvalue weighted by atomic mass is 16.7. The van der Waals surface area contributed by atoms with Crippen LogP contribution in [0.5, 0.6) is 0 Å². The zero-order valence-electron chi connectivity index (χ0n) is 11.6. The summed E-state index contributed by atoms with van der Waals surface area (Å²) in [4.78, 5) is 28.0. The molecule has 1 aromatic carbocycles. The number of rotatable bonds is 5. The van der Waals surface area contributed by atoms with Crippen LogP contribution < -0.4 is 5.43 Å². The molecule has 1 aromatic heterocycles. The quantitative estimate of drug-likeness (QED) is 0.626. The fraction of sp³-hybridized carbons (Fsp3) is 0.308. The molecule has 0 spiro atoms. The van der Waals surface area contributed by atoms with Crippen LogP contribution in [0.3, 0.4) is 0 Å². The first-order valence-corrected chi connectivity index (χ1v) is 6.77. The van der Waals surface area contributed by atoms with Gasteiger partial charge in [-0.15, -0.1) is 0 Å². The van der Waals surface area contributed by atoms with Crippen molar-refractivity contribution in [3.05, 3.63) is 51.8 Å². The third-order valence-corrected chi connectivity index (χ3v) is 3.55. The normalized spacial score (nSPS) is 17.7. The molecule has 0 bridgehead atoms. The number of benzene rings is 1. The van der Waals surface area contributed by atoms with Crippen LogP contribution in [0.1, 0.15) is 23.7 Å². The predicted octanol–water partition coefficient (Wildman–Crippen LogP) is 0.924. The Balaban J connectivity index is 1.65. The fourth-order valence-electron chi connectivity index (χ4n) is 2.55. The Kier molecular flexibility index (Phi) is 3.69. The number of hydrogen-bond donors (Lipinski definition) is 2. The standard InChI is InChI=1S/C13H14N6O3/c20-12-6-10(9-4-2-1-3-5-9)7-18(12)8-11-14-13(16-15-11)17-19(21)22/h1-5,10H,6-8H2,(H2,14,15,16,17)/t10-/m1/s1. The Morgan fingerprint density at radius 1 is 1.41 bits per heavy atom. The van der Waals surface area contributed by atoms with E-state index < -0.39 is 5.03 Å². The number of hydrazine groups is 1. The zero-order valence-corrected chi connectivity index (χ0v) is 11.6. The topological polar surface area (TPSA) is 117 Å². The third-order valence-electron chi connectivity index (χ3n) is 3.55. The molecule has 0 radical (unpaired) electrons. The van der Waals surface area contributed by atoms with E-state index in [-0.39, 0.29) is 24.3 Å². The van der Waals surface area contributed by atoms with E-state index >= 15 is 0 Å². The monoisotopic (exact) mass is 302 g/mol. The number of H-pyrrole nitrogens is 1. The van der Waals surface area contributed by atoms with Gasteiger partial charge in [-0.2, -0.15) is 10.1 Å². The molecule has 1 aliphatic heterocycles. The Morgan fingerprint density at radius 2 is 2.18 bits per heavy atom. The zero-order chi connectivity index (χ0) is 15.5. The molecular formula is C13H14N6O3. The number of aromatic amines is 1. The van der Waals surface area contributed by atoms with Gasteiger partial charge >= 0.3 is 0 Å². The number of nitro groups is 1. The summed E-state index contributed by atoms with van der Waals surface area (Å²) in [7, 11) is 0. The van der Waals surface area contributed by atoms with E-state index in [0.717, 1.165) is 5.56 Å². The summed E-state index contributed by atoms with van der Waals surface area (Å²) in [5.41, 5.74) is 3.01. The first-order valence-electron chi connectivity index (χ1n) is 6.77. The molecule has 1 atom stereocenters. The van der Waals surface area contributed by atoms with E-state index in [1.807, 2.05) is 35.8 Å². The summed E-state index contributed by atoms with van der Waals surface area (Å²) in [6.07, 6.45) is 0.453. The second kappa shape index (κ2) is 5.80. The molecule has 1 amide bonds. The highest BCUT2D eigenvalue weighted by Gasteiger charge is 2.31. The Morgan fingerprint density at radius 3 is 2.91 bits per heavy atom. The van der Waals surface area contributed by atoms with Gasteiger partial charge < -0.3 is 4.90 Å². The number of amides is 1. The lowest BCUT2D eigenvalue weighted by Crippen LogP contribution is -2.25. The molecule has 1 saturated heterocycles. The van der Waals surface area contributed by atoms with Crippen LogP contribution in [-0.4, -0.2) is 37.6 Å². The van der Waals surface area contributed by atoms with Crippen molar-refractivity contribution in [3.63, 3.8) is 0 Å². The van der Waals surface area contributed by atoms with Crippen molar-refractivity contribution < 1.29 is 9.83 Å². The number of carbonyl (C=O) groups is 1. The summed E-state index contributed by atoms with van der Waals surface area (Å²) >= 11 is 0. The van der Waals surface area contributed by atoms with Crippen molar-refractivity contribution >= 4 is 11.9 Å². The SMILES string of the molecule is O=C1C[C@@H](c2ccccc2)CN1Cc1n[nH]c(N[N+](=O)[O-])n1. The number of aromatic nitrogens is 3. The molecule has 9 heteroatoms. The number of nitrogens with one attached hydrogen (secondary N) is 2. The first kappa shape index (κ1) is 14.0. The van der Waals surface area contributed by atoms with Crippen LogP contribution in [0.2, 0.25) is 0 Å². The summed E-state index contributed by atoms with van der Waals surface area (Å²) < 4.78 is 0. The first-order chi connectivity index (χ1) is 10.6. The third kappa shape index (κ3) is 3.03. The molecule has 0 unspecified atom stereocenters. The summed E-state index contributed by atoms with van der Waals surface area (Å²) in [6.45, 7) is 0.827. The second-order valence-corrected chi connectivity index (χ2v) is 5.06. The van der Waals surface area contributed by atoms with Crippen molar-refractivity contribution in [2.75, 3.05) is 12.0 Å². The lowest BCUT2D eigenvalue weighted by atomic mass is 9.99. The average Bonchev–Trinajstić information content (AvgIpc) is 3.07. The van der Waals surface area contributed by atoms with Gasteiger partial charge in [0.2, 0.25) is 5.91 Å².